The molecule has 0 aliphatic carbocycles. The monoisotopic (exact) mass is 479 g/mol. The van der Waals surface area contributed by atoms with Crippen LogP contribution in [0.1, 0.15) is 16.3 Å². The van der Waals surface area contributed by atoms with E-state index < -0.39 is 23.6 Å². The number of hydrogen-bond acceptors (Lipinski definition) is 8. The number of fused-ring (bicyclic) bond motifs is 1. The predicted molar refractivity (Wildman–Crippen MR) is 113 cm³/mol. The number of amides is 1. The quantitative estimate of drug-likeness (QED) is 0.444. The SMILES string of the molecule is COc1cc(NC(=O)c2nc3nc(-c4cccs4)cc(C(F)(F)F)n3n2)cc(OC)c1OC. The number of hydrogen-bond donors (Lipinski definition) is 1. The van der Waals surface area contributed by atoms with Gasteiger partial charge in [0.25, 0.3) is 11.7 Å². The van der Waals surface area contributed by atoms with Gasteiger partial charge >= 0.3 is 6.18 Å². The minimum absolute atomic E-state index is 0.0776. The lowest BCUT2D eigenvalue weighted by molar-refractivity contribution is -0.142. The first-order valence-electron chi connectivity index (χ1n) is 9.25. The zero-order chi connectivity index (χ0) is 23.8. The van der Waals surface area contributed by atoms with Gasteiger partial charge in [0.1, 0.15) is 0 Å². The number of alkyl halides is 3. The summed E-state index contributed by atoms with van der Waals surface area (Å²) in [5.74, 6) is -0.841. The molecule has 0 aliphatic rings. The van der Waals surface area contributed by atoms with E-state index in [0.717, 1.165) is 6.07 Å². The van der Waals surface area contributed by atoms with Gasteiger partial charge in [0.15, 0.2) is 17.2 Å². The summed E-state index contributed by atoms with van der Waals surface area (Å²) in [4.78, 5) is 21.3. The van der Waals surface area contributed by atoms with Crippen molar-refractivity contribution in [1.29, 1.82) is 0 Å². The molecule has 0 radical (unpaired) electrons. The number of nitrogens with one attached hydrogen (secondary N) is 1. The smallest absolute Gasteiger partial charge is 0.433 e. The molecular weight excluding hydrogens is 463 g/mol. The Labute approximate surface area is 188 Å². The van der Waals surface area contributed by atoms with Crippen molar-refractivity contribution < 1.29 is 32.2 Å². The van der Waals surface area contributed by atoms with Crippen LogP contribution in [0.2, 0.25) is 0 Å². The highest BCUT2D eigenvalue weighted by molar-refractivity contribution is 7.13. The maximum absolute atomic E-state index is 13.7. The van der Waals surface area contributed by atoms with Gasteiger partial charge in [-0.2, -0.15) is 22.7 Å². The number of aromatic nitrogens is 4. The van der Waals surface area contributed by atoms with Crippen LogP contribution >= 0.6 is 11.3 Å². The van der Waals surface area contributed by atoms with Gasteiger partial charge in [0, 0.05) is 17.8 Å². The molecule has 1 aromatic carbocycles. The summed E-state index contributed by atoms with van der Waals surface area (Å²) in [6.45, 7) is 0. The summed E-state index contributed by atoms with van der Waals surface area (Å²) in [5, 5.41) is 7.98. The van der Waals surface area contributed by atoms with Gasteiger partial charge in [-0.15, -0.1) is 16.4 Å². The van der Waals surface area contributed by atoms with Crippen molar-refractivity contribution in [3.05, 3.63) is 47.2 Å². The summed E-state index contributed by atoms with van der Waals surface area (Å²) in [5.41, 5.74) is -0.791. The summed E-state index contributed by atoms with van der Waals surface area (Å²) in [6.07, 6.45) is -4.74. The molecule has 0 fully saturated rings. The van der Waals surface area contributed by atoms with Crippen LogP contribution < -0.4 is 19.5 Å². The minimum atomic E-state index is -4.74. The van der Waals surface area contributed by atoms with Gasteiger partial charge in [-0.3, -0.25) is 4.79 Å². The van der Waals surface area contributed by atoms with Crippen LogP contribution in [-0.2, 0) is 6.18 Å². The molecule has 0 spiro atoms. The van der Waals surface area contributed by atoms with Crippen molar-refractivity contribution in [2.45, 2.75) is 6.18 Å². The largest absolute Gasteiger partial charge is 0.493 e. The molecule has 4 aromatic rings. The number of methoxy groups -OCH3 is 3. The number of nitrogens with zero attached hydrogens (tertiary/aromatic N) is 4. The lowest BCUT2D eigenvalue weighted by atomic mass is 10.2. The molecule has 1 amide bonds. The van der Waals surface area contributed by atoms with Crippen molar-refractivity contribution in [3.8, 4) is 27.8 Å². The van der Waals surface area contributed by atoms with E-state index in [4.69, 9.17) is 14.2 Å². The molecule has 1 N–H and O–H groups in total. The number of rotatable bonds is 6. The highest BCUT2D eigenvalue weighted by Crippen LogP contribution is 2.40. The number of carbonyl (C=O) groups excluding carboxylic acids is 1. The van der Waals surface area contributed by atoms with Gasteiger partial charge in [0.05, 0.1) is 31.9 Å². The Bertz CT molecular complexity index is 1300. The van der Waals surface area contributed by atoms with E-state index >= 15 is 0 Å². The van der Waals surface area contributed by atoms with Crippen LogP contribution in [-0.4, -0.2) is 46.8 Å². The van der Waals surface area contributed by atoms with E-state index in [-0.39, 0.29) is 28.7 Å². The van der Waals surface area contributed by atoms with Crippen LogP contribution in [0.4, 0.5) is 18.9 Å². The van der Waals surface area contributed by atoms with Crippen molar-refractivity contribution in [1.82, 2.24) is 19.6 Å². The molecule has 172 valence electrons. The predicted octanol–water partition coefficient (Wildman–Crippen LogP) is 4.15. The highest BCUT2D eigenvalue weighted by atomic mass is 32.1. The summed E-state index contributed by atoms with van der Waals surface area (Å²) in [7, 11) is 4.24. The molecule has 0 saturated carbocycles. The van der Waals surface area contributed by atoms with Gasteiger partial charge in [-0.1, -0.05) is 6.07 Å². The molecule has 0 atom stereocenters. The van der Waals surface area contributed by atoms with E-state index in [1.807, 2.05) is 0 Å². The fourth-order valence-corrected chi connectivity index (χ4v) is 3.74. The first kappa shape index (κ1) is 22.3. The Morgan fingerprint density at radius 1 is 1.06 bits per heavy atom. The Morgan fingerprint density at radius 3 is 2.30 bits per heavy atom. The van der Waals surface area contributed by atoms with Gasteiger partial charge < -0.3 is 19.5 Å². The second-order valence-electron chi connectivity index (χ2n) is 6.52. The molecule has 3 heterocycles. The zero-order valence-corrected chi connectivity index (χ0v) is 18.2. The third-order valence-electron chi connectivity index (χ3n) is 4.50. The van der Waals surface area contributed by atoms with Crippen molar-refractivity contribution in [2.24, 2.45) is 0 Å². The molecule has 0 unspecified atom stereocenters. The van der Waals surface area contributed by atoms with Crippen molar-refractivity contribution in [3.63, 3.8) is 0 Å². The first-order chi connectivity index (χ1) is 15.7. The molecule has 0 aliphatic heterocycles. The second kappa shape index (κ2) is 8.58. The Balaban J connectivity index is 1.74. The maximum atomic E-state index is 13.7. The average molecular weight is 479 g/mol. The minimum Gasteiger partial charge on any atom is -0.493 e. The molecule has 4 rings (SSSR count). The molecule has 0 bridgehead atoms. The summed E-state index contributed by atoms with van der Waals surface area (Å²) >= 11 is 1.23. The van der Waals surface area contributed by atoms with Crippen LogP contribution in [0.15, 0.2) is 35.7 Å². The Morgan fingerprint density at radius 2 is 1.76 bits per heavy atom. The number of ether oxygens (including phenoxy) is 3. The molecule has 33 heavy (non-hydrogen) atoms. The average Bonchev–Trinajstić information content (AvgIpc) is 3.46. The van der Waals surface area contributed by atoms with Gasteiger partial charge in [-0.25, -0.2) is 4.98 Å². The fourth-order valence-electron chi connectivity index (χ4n) is 3.06. The molecule has 0 saturated heterocycles. The number of thiophene rings is 1. The van der Waals surface area contributed by atoms with E-state index in [0.29, 0.717) is 15.1 Å². The highest BCUT2D eigenvalue weighted by Gasteiger charge is 2.36. The fraction of sp³-hybridized carbons (Fsp3) is 0.200. The van der Waals surface area contributed by atoms with Crippen LogP contribution in [0.3, 0.4) is 0 Å². The standard InChI is InChI=1S/C20H16F3N5O4S/c1-30-12-7-10(8-13(31-2)16(12)32-3)24-18(29)17-26-19-25-11(14-5-4-6-33-14)9-15(20(21,22)23)28(19)27-17/h4-9H,1-3H3,(H,24,29). The van der Waals surface area contributed by atoms with E-state index in [1.54, 1.807) is 17.5 Å². The zero-order valence-electron chi connectivity index (χ0n) is 17.4. The molecule has 3 aromatic heterocycles. The van der Waals surface area contributed by atoms with E-state index in [9.17, 15) is 18.0 Å². The number of benzene rings is 1. The molecular formula is C20H16F3N5O4S. The van der Waals surface area contributed by atoms with E-state index in [1.165, 1.54) is 44.8 Å². The number of carbonyl (C=O) groups is 1. The Hall–Kier alpha value is -3.87. The van der Waals surface area contributed by atoms with E-state index in [2.05, 4.69) is 20.4 Å². The normalized spacial score (nSPS) is 11.5. The maximum Gasteiger partial charge on any atom is 0.433 e. The lowest BCUT2D eigenvalue weighted by Crippen LogP contribution is -2.16. The summed E-state index contributed by atoms with van der Waals surface area (Å²) in [6, 6.07) is 7.12. The number of halogens is 3. The topological polar surface area (TPSA) is 99.9 Å². The number of anilines is 1. The van der Waals surface area contributed by atoms with Crippen LogP contribution in [0, 0.1) is 0 Å². The van der Waals surface area contributed by atoms with Gasteiger partial charge in [0.2, 0.25) is 11.6 Å². The van der Waals surface area contributed by atoms with Crippen molar-refractivity contribution >= 4 is 28.7 Å². The van der Waals surface area contributed by atoms with Gasteiger partial charge in [-0.05, 0) is 17.5 Å². The Kier molecular flexibility index (Phi) is 5.80. The summed E-state index contributed by atoms with van der Waals surface area (Å²) < 4.78 is 57.2. The first-order valence-corrected chi connectivity index (χ1v) is 10.1. The second-order valence-corrected chi connectivity index (χ2v) is 7.46. The third-order valence-corrected chi connectivity index (χ3v) is 5.39. The third kappa shape index (κ3) is 4.26. The van der Waals surface area contributed by atoms with Crippen molar-refractivity contribution in [2.75, 3.05) is 26.6 Å². The van der Waals surface area contributed by atoms with Crippen LogP contribution in [0.5, 0.6) is 17.2 Å². The lowest BCUT2D eigenvalue weighted by Gasteiger charge is -2.14. The molecule has 13 heteroatoms. The molecule has 9 nitrogen and oxygen atoms in total. The van der Waals surface area contributed by atoms with Crippen LogP contribution in [0.25, 0.3) is 16.3 Å².